The van der Waals surface area contributed by atoms with Crippen LogP contribution in [0, 0.1) is 6.92 Å². The third kappa shape index (κ3) is 3.15. The number of anilines is 1. The van der Waals surface area contributed by atoms with Gasteiger partial charge < -0.3 is 10.5 Å². The van der Waals surface area contributed by atoms with Gasteiger partial charge in [-0.15, -0.1) is 0 Å². The Kier molecular flexibility index (Phi) is 4.22. The zero-order valence-electron chi connectivity index (χ0n) is 11.1. The van der Waals surface area contributed by atoms with Crippen LogP contribution < -0.4 is 10.5 Å². The molecule has 3 nitrogen and oxygen atoms in total. The molecule has 2 aromatic carbocycles. The predicted octanol–water partition coefficient (Wildman–Crippen LogP) is 2.89. The van der Waals surface area contributed by atoms with E-state index >= 15 is 0 Å². The summed E-state index contributed by atoms with van der Waals surface area (Å²) in [5.74, 6) is 1.12. The monoisotopic (exact) mass is 275 g/mol. The smallest absolute Gasteiger partial charge is 0.123 e. The first-order valence-corrected chi connectivity index (χ1v) is 7.30. The molecule has 4 heteroatoms. The van der Waals surface area contributed by atoms with Crippen molar-refractivity contribution >= 4 is 16.5 Å². The maximum atomic E-state index is 12.4. The van der Waals surface area contributed by atoms with Crippen LogP contribution in [0.1, 0.15) is 11.1 Å². The molecule has 0 aromatic heterocycles. The molecule has 0 amide bonds. The predicted molar refractivity (Wildman–Crippen MR) is 78.7 cm³/mol. The van der Waals surface area contributed by atoms with E-state index in [1.54, 1.807) is 19.2 Å². The van der Waals surface area contributed by atoms with Gasteiger partial charge in [0.05, 0.1) is 23.7 Å². The van der Waals surface area contributed by atoms with Crippen LogP contribution in [-0.2, 0) is 16.6 Å². The summed E-state index contributed by atoms with van der Waals surface area (Å²) in [5.41, 5.74) is 8.32. The van der Waals surface area contributed by atoms with Crippen LogP contribution in [0.25, 0.3) is 0 Å². The van der Waals surface area contributed by atoms with Crippen LogP contribution in [0.4, 0.5) is 5.69 Å². The van der Waals surface area contributed by atoms with Gasteiger partial charge in [0.1, 0.15) is 5.75 Å². The average Bonchev–Trinajstić information content (AvgIpc) is 2.39. The number of benzene rings is 2. The zero-order chi connectivity index (χ0) is 13.8. The Morgan fingerprint density at radius 2 is 1.95 bits per heavy atom. The molecular weight excluding hydrogens is 258 g/mol. The molecule has 0 heterocycles. The van der Waals surface area contributed by atoms with E-state index in [9.17, 15) is 4.21 Å². The molecule has 2 N–H and O–H groups in total. The molecule has 1 atom stereocenters. The van der Waals surface area contributed by atoms with E-state index in [4.69, 9.17) is 10.5 Å². The van der Waals surface area contributed by atoms with E-state index in [2.05, 4.69) is 0 Å². The van der Waals surface area contributed by atoms with Gasteiger partial charge in [0.2, 0.25) is 0 Å². The standard InChI is InChI=1S/C15H17NO2S/c1-11-5-3-4-6-15(11)19(17)10-12-9-13(16)7-8-14(12)18-2/h3-9H,10,16H2,1-2H3. The minimum absolute atomic E-state index is 0.402. The van der Waals surface area contributed by atoms with Gasteiger partial charge in [-0.3, -0.25) is 4.21 Å². The highest BCUT2D eigenvalue weighted by Gasteiger charge is 2.11. The van der Waals surface area contributed by atoms with Crippen LogP contribution in [0.3, 0.4) is 0 Å². The zero-order valence-corrected chi connectivity index (χ0v) is 11.9. The molecule has 0 spiro atoms. The Balaban J connectivity index is 2.29. The molecule has 0 radical (unpaired) electrons. The highest BCUT2D eigenvalue weighted by atomic mass is 32.2. The van der Waals surface area contributed by atoms with E-state index in [-0.39, 0.29) is 0 Å². The van der Waals surface area contributed by atoms with Gasteiger partial charge in [-0.1, -0.05) is 18.2 Å². The van der Waals surface area contributed by atoms with Gasteiger partial charge >= 0.3 is 0 Å². The average molecular weight is 275 g/mol. The topological polar surface area (TPSA) is 52.3 Å². The molecule has 0 saturated carbocycles. The van der Waals surface area contributed by atoms with Crippen LogP contribution in [0.15, 0.2) is 47.4 Å². The van der Waals surface area contributed by atoms with Gasteiger partial charge in [0.25, 0.3) is 0 Å². The second-order valence-corrected chi connectivity index (χ2v) is 5.75. The molecule has 0 fully saturated rings. The molecule has 19 heavy (non-hydrogen) atoms. The summed E-state index contributed by atoms with van der Waals surface area (Å²) in [4.78, 5) is 0.854. The lowest BCUT2D eigenvalue weighted by molar-refractivity contribution is 0.411. The number of methoxy groups -OCH3 is 1. The fourth-order valence-electron chi connectivity index (χ4n) is 1.94. The number of hydrogen-bond donors (Lipinski definition) is 1. The SMILES string of the molecule is COc1ccc(N)cc1CS(=O)c1ccccc1C. The third-order valence-corrected chi connectivity index (χ3v) is 4.45. The van der Waals surface area contributed by atoms with Crippen LogP contribution >= 0.6 is 0 Å². The summed E-state index contributed by atoms with van der Waals surface area (Å²) < 4.78 is 17.7. The first kappa shape index (κ1) is 13.6. The quantitative estimate of drug-likeness (QED) is 0.873. The maximum absolute atomic E-state index is 12.4. The highest BCUT2D eigenvalue weighted by Crippen LogP contribution is 2.25. The molecule has 2 aromatic rings. The van der Waals surface area contributed by atoms with Crippen LogP contribution in [0.5, 0.6) is 5.75 Å². The van der Waals surface area contributed by atoms with Crippen molar-refractivity contribution < 1.29 is 8.95 Å². The molecule has 0 aliphatic rings. The Bertz CT molecular complexity index is 611. The van der Waals surface area contributed by atoms with Crippen molar-refractivity contribution in [3.05, 3.63) is 53.6 Å². The van der Waals surface area contributed by atoms with Crippen molar-refractivity contribution in [2.75, 3.05) is 12.8 Å². The van der Waals surface area contributed by atoms with Gasteiger partial charge in [-0.25, -0.2) is 0 Å². The molecule has 0 aliphatic carbocycles. The van der Waals surface area contributed by atoms with E-state index in [1.165, 1.54) is 0 Å². The first-order chi connectivity index (χ1) is 9.11. The lowest BCUT2D eigenvalue weighted by Gasteiger charge is -2.10. The molecule has 2 rings (SSSR count). The molecule has 0 bridgehead atoms. The summed E-state index contributed by atoms with van der Waals surface area (Å²) in [6, 6.07) is 13.1. The van der Waals surface area contributed by atoms with Crippen molar-refractivity contribution in [2.24, 2.45) is 0 Å². The van der Waals surface area contributed by atoms with Gasteiger partial charge in [0.15, 0.2) is 0 Å². The summed E-state index contributed by atoms with van der Waals surface area (Å²) in [6.45, 7) is 1.96. The summed E-state index contributed by atoms with van der Waals surface area (Å²) >= 11 is 0. The molecule has 100 valence electrons. The highest BCUT2D eigenvalue weighted by molar-refractivity contribution is 7.84. The van der Waals surface area contributed by atoms with Crippen molar-refractivity contribution in [2.45, 2.75) is 17.6 Å². The van der Waals surface area contributed by atoms with Crippen molar-refractivity contribution in [3.63, 3.8) is 0 Å². The van der Waals surface area contributed by atoms with Crippen molar-refractivity contribution in [1.82, 2.24) is 0 Å². The molecule has 0 saturated heterocycles. The Morgan fingerprint density at radius 3 is 2.63 bits per heavy atom. The second-order valence-electron chi connectivity index (χ2n) is 4.33. The minimum Gasteiger partial charge on any atom is -0.496 e. The normalized spacial score (nSPS) is 12.1. The molecule has 1 unspecified atom stereocenters. The van der Waals surface area contributed by atoms with E-state index < -0.39 is 10.8 Å². The maximum Gasteiger partial charge on any atom is 0.123 e. The second kappa shape index (κ2) is 5.89. The summed E-state index contributed by atoms with van der Waals surface area (Å²) in [7, 11) is 0.501. The van der Waals surface area contributed by atoms with Crippen molar-refractivity contribution in [3.8, 4) is 5.75 Å². The van der Waals surface area contributed by atoms with E-state index in [0.717, 1.165) is 21.8 Å². The number of rotatable bonds is 4. The van der Waals surface area contributed by atoms with Crippen molar-refractivity contribution in [1.29, 1.82) is 0 Å². The number of aryl methyl sites for hydroxylation is 1. The summed E-state index contributed by atoms with van der Waals surface area (Å²) in [5, 5.41) is 0. The Morgan fingerprint density at radius 1 is 1.21 bits per heavy atom. The van der Waals surface area contributed by atoms with Gasteiger partial charge in [0, 0.05) is 16.1 Å². The molecular formula is C15H17NO2S. The Hall–Kier alpha value is -1.81. The Labute approximate surface area is 115 Å². The number of nitrogens with two attached hydrogens (primary N) is 1. The van der Waals surface area contributed by atoms with Crippen LogP contribution in [0.2, 0.25) is 0 Å². The van der Waals surface area contributed by atoms with E-state index in [0.29, 0.717) is 11.4 Å². The number of nitrogen functional groups attached to an aromatic ring is 1. The fraction of sp³-hybridized carbons (Fsp3) is 0.200. The number of ether oxygens (including phenoxy) is 1. The lowest BCUT2D eigenvalue weighted by Crippen LogP contribution is -2.01. The first-order valence-electron chi connectivity index (χ1n) is 5.98. The summed E-state index contributed by atoms with van der Waals surface area (Å²) in [6.07, 6.45) is 0. The lowest BCUT2D eigenvalue weighted by atomic mass is 10.2. The minimum atomic E-state index is -1.10. The van der Waals surface area contributed by atoms with E-state index in [1.807, 2.05) is 37.3 Å². The third-order valence-electron chi connectivity index (χ3n) is 2.93. The number of hydrogen-bond acceptors (Lipinski definition) is 3. The fourth-order valence-corrected chi connectivity index (χ4v) is 3.26. The largest absolute Gasteiger partial charge is 0.496 e. The van der Waals surface area contributed by atoms with Gasteiger partial charge in [-0.05, 0) is 36.8 Å². The van der Waals surface area contributed by atoms with Crippen LogP contribution in [-0.4, -0.2) is 11.3 Å². The molecule has 0 aliphatic heterocycles. The van der Waals surface area contributed by atoms with Gasteiger partial charge in [-0.2, -0.15) is 0 Å².